The van der Waals surface area contributed by atoms with Crippen LogP contribution in [-0.2, 0) is 17.8 Å². The number of H-pyrrole nitrogens is 1. The number of aromatic carboxylic acids is 1. The number of nitrogens with one attached hydrogen (secondary N) is 2. The van der Waals surface area contributed by atoms with Gasteiger partial charge in [-0.25, -0.2) is 9.78 Å². The van der Waals surface area contributed by atoms with Crippen LogP contribution >= 0.6 is 0 Å². The molecule has 0 aliphatic heterocycles. The molecule has 0 aromatic carbocycles. The molecule has 0 saturated carbocycles. The van der Waals surface area contributed by atoms with Crippen molar-refractivity contribution in [2.45, 2.75) is 26.8 Å². The van der Waals surface area contributed by atoms with Gasteiger partial charge in [-0.05, 0) is 25.5 Å². The zero-order chi connectivity index (χ0) is 15.4. The maximum atomic E-state index is 11.9. The Morgan fingerprint density at radius 3 is 2.62 bits per heavy atom. The van der Waals surface area contributed by atoms with E-state index in [0.29, 0.717) is 6.54 Å². The molecule has 7 nitrogen and oxygen atoms in total. The lowest BCUT2D eigenvalue weighted by Crippen LogP contribution is -2.25. The van der Waals surface area contributed by atoms with Crippen molar-refractivity contribution in [1.29, 1.82) is 0 Å². The van der Waals surface area contributed by atoms with Crippen molar-refractivity contribution in [2.24, 2.45) is 0 Å². The lowest BCUT2D eigenvalue weighted by atomic mass is 10.1. The third-order valence-electron chi connectivity index (χ3n) is 3.15. The van der Waals surface area contributed by atoms with Crippen LogP contribution in [0.4, 0.5) is 0 Å². The maximum Gasteiger partial charge on any atom is 0.354 e. The second kappa shape index (κ2) is 6.17. The van der Waals surface area contributed by atoms with Gasteiger partial charge in [-0.2, -0.15) is 5.10 Å². The maximum absolute atomic E-state index is 11.9. The zero-order valence-corrected chi connectivity index (χ0v) is 11.8. The second-order valence-electron chi connectivity index (χ2n) is 4.72. The monoisotopic (exact) mass is 288 g/mol. The van der Waals surface area contributed by atoms with Crippen LogP contribution in [0.25, 0.3) is 0 Å². The van der Waals surface area contributed by atoms with Crippen LogP contribution in [0, 0.1) is 13.8 Å². The molecule has 0 saturated heterocycles. The van der Waals surface area contributed by atoms with E-state index in [9.17, 15) is 9.59 Å². The van der Waals surface area contributed by atoms with E-state index in [4.69, 9.17) is 5.11 Å². The van der Waals surface area contributed by atoms with Crippen LogP contribution < -0.4 is 5.32 Å². The molecule has 110 valence electrons. The van der Waals surface area contributed by atoms with Crippen LogP contribution in [-0.4, -0.2) is 32.2 Å². The molecular weight excluding hydrogens is 272 g/mol. The molecule has 7 heteroatoms. The first-order chi connectivity index (χ1) is 9.97. The van der Waals surface area contributed by atoms with E-state index in [1.165, 1.54) is 12.3 Å². The average molecular weight is 288 g/mol. The summed E-state index contributed by atoms with van der Waals surface area (Å²) < 4.78 is 0. The summed E-state index contributed by atoms with van der Waals surface area (Å²) in [7, 11) is 0. The molecule has 2 aromatic heterocycles. The second-order valence-corrected chi connectivity index (χ2v) is 4.72. The van der Waals surface area contributed by atoms with Gasteiger partial charge >= 0.3 is 5.97 Å². The Bertz CT molecular complexity index is 642. The summed E-state index contributed by atoms with van der Waals surface area (Å²) in [6.45, 7) is 4.03. The average Bonchev–Trinajstić information content (AvgIpc) is 2.77. The van der Waals surface area contributed by atoms with E-state index in [1.807, 2.05) is 13.8 Å². The topological polar surface area (TPSA) is 108 Å². The van der Waals surface area contributed by atoms with Crippen molar-refractivity contribution in [2.75, 3.05) is 0 Å². The van der Waals surface area contributed by atoms with Crippen molar-refractivity contribution in [3.8, 4) is 0 Å². The first-order valence-electron chi connectivity index (χ1n) is 6.42. The summed E-state index contributed by atoms with van der Waals surface area (Å²) >= 11 is 0. The number of nitrogens with zero attached hydrogens (tertiary/aromatic N) is 2. The van der Waals surface area contributed by atoms with Crippen molar-refractivity contribution in [1.82, 2.24) is 20.5 Å². The molecule has 0 spiro atoms. The predicted molar refractivity (Wildman–Crippen MR) is 74.8 cm³/mol. The highest BCUT2D eigenvalue weighted by atomic mass is 16.4. The Morgan fingerprint density at radius 1 is 1.33 bits per heavy atom. The third-order valence-corrected chi connectivity index (χ3v) is 3.15. The highest BCUT2D eigenvalue weighted by molar-refractivity contribution is 5.85. The van der Waals surface area contributed by atoms with Gasteiger partial charge in [0.15, 0.2) is 0 Å². The van der Waals surface area contributed by atoms with Gasteiger partial charge in [-0.15, -0.1) is 0 Å². The van der Waals surface area contributed by atoms with Gasteiger partial charge in [-0.1, -0.05) is 6.07 Å². The largest absolute Gasteiger partial charge is 0.477 e. The first-order valence-corrected chi connectivity index (χ1v) is 6.42. The summed E-state index contributed by atoms with van der Waals surface area (Å²) in [5.41, 5.74) is 3.32. The molecule has 2 rings (SSSR count). The Balaban J connectivity index is 1.91. The molecule has 2 heterocycles. The molecule has 0 atom stereocenters. The molecule has 0 aliphatic carbocycles. The van der Waals surface area contributed by atoms with Crippen LogP contribution in [0.1, 0.15) is 33.0 Å². The quantitative estimate of drug-likeness (QED) is 0.760. The van der Waals surface area contributed by atoms with Crippen molar-refractivity contribution >= 4 is 11.9 Å². The van der Waals surface area contributed by atoms with E-state index in [0.717, 1.165) is 22.5 Å². The van der Waals surface area contributed by atoms with Gasteiger partial charge in [-0.3, -0.25) is 9.89 Å². The van der Waals surface area contributed by atoms with E-state index < -0.39 is 5.97 Å². The summed E-state index contributed by atoms with van der Waals surface area (Å²) in [4.78, 5) is 26.4. The number of aromatic amines is 1. The lowest BCUT2D eigenvalue weighted by molar-refractivity contribution is -0.120. The Hall–Kier alpha value is -2.70. The zero-order valence-electron chi connectivity index (χ0n) is 11.8. The van der Waals surface area contributed by atoms with E-state index in [1.54, 1.807) is 6.07 Å². The fraction of sp³-hybridized carbons (Fsp3) is 0.286. The van der Waals surface area contributed by atoms with Gasteiger partial charge in [0, 0.05) is 24.0 Å². The molecule has 0 bridgehead atoms. The summed E-state index contributed by atoms with van der Waals surface area (Å²) in [6.07, 6.45) is 1.70. The minimum Gasteiger partial charge on any atom is -0.477 e. The molecule has 1 amide bonds. The van der Waals surface area contributed by atoms with Crippen molar-refractivity contribution in [3.05, 3.63) is 46.5 Å². The smallest absolute Gasteiger partial charge is 0.354 e. The normalized spacial score (nSPS) is 10.4. The molecule has 21 heavy (non-hydrogen) atoms. The van der Waals surface area contributed by atoms with E-state index >= 15 is 0 Å². The summed E-state index contributed by atoms with van der Waals surface area (Å²) in [6, 6.07) is 3.04. The number of rotatable bonds is 5. The minimum atomic E-state index is -1.07. The van der Waals surface area contributed by atoms with Gasteiger partial charge < -0.3 is 10.4 Å². The number of carbonyl (C=O) groups excluding carboxylic acids is 1. The molecule has 0 radical (unpaired) electrons. The number of amides is 1. The summed E-state index contributed by atoms with van der Waals surface area (Å²) in [5, 5.41) is 18.4. The Kier molecular flexibility index (Phi) is 4.32. The van der Waals surface area contributed by atoms with Gasteiger partial charge in [0.05, 0.1) is 12.1 Å². The molecule has 0 fully saturated rings. The van der Waals surface area contributed by atoms with Crippen LogP contribution in [0.15, 0.2) is 18.3 Å². The SMILES string of the molecule is Cc1n[nH]c(C)c1CC(=O)NCc1ccc(C(=O)O)nc1. The number of hydrogen-bond acceptors (Lipinski definition) is 4. The van der Waals surface area contributed by atoms with Crippen LogP contribution in [0.2, 0.25) is 0 Å². The number of carbonyl (C=O) groups is 2. The number of carboxylic acids is 1. The molecule has 3 N–H and O–H groups in total. The van der Waals surface area contributed by atoms with Crippen molar-refractivity contribution in [3.63, 3.8) is 0 Å². The number of pyridine rings is 1. The fourth-order valence-corrected chi connectivity index (χ4v) is 1.91. The van der Waals surface area contributed by atoms with Crippen molar-refractivity contribution < 1.29 is 14.7 Å². The molecular formula is C14H16N4O3. The number of hydrogen-bond donors (Lipinski definition) is 3. The Labute approximate surface area is 121 Å². The van der Waals surface area contributed by atoms with E-state index in [2.05, 4.69) is 20.5 Å². The lowest BCUT2D eigenvalue weighted by Gasteiger charge is -2.05. The third kappa shape index (κ3) is 3.65. The predicted octanol–water partition coefficient (Wildman–Crippen LogP) is 0.979. The number of carboxylic acid groups (broad SMARTS) is 1. The van der Waals surface area contributed by atoms with Crippen LogP contribution in [0.5, 0.6) is 0 Å². The molecule has 0 unspecified atom stereocenters. The van der Waals surface area contributed by atoms with E-state index in [-0.39, 0.29) is 18.0 Å². The number of aryl methyl sites for hydroxylation is 2. The van der Waals surface area contributed by atoms with Gasteiger partial charge in [0.25, 0.3) is 0 Å². The van der Waals surface area contributed by atoms with Gasteiger partial charge in [0.1, 0.15) is 5.69 Å². The Morgan fingerprint density at radius 2 is 2.10 bits per heavy atom. The standard InChI is InChI=1S/C14H16N4O3/c1-8-11(9(2)18-17-8)5-13(19)16-7-10-3-4-12(14(20)21)15-6-10/h3-4,6H,5,7H2,1-2H3,(H,16,19)(H,17,18)(H,20,21). The minimum absolute atomic E-state index is 0.0188. The van der Waals surface area contributed by atoms with Crippen LogP contribution in [0.3, 0.4) is 0 Å². The van der Waals surface area contributed by atoms with Gasteiger partial charge in [0.2, 0.25) is 5.91 Å². The number of aromatic nitrogens is 3. The fourth-order valence-electron chi connectivity index (χ4n) is 1.91. The highest BCUT2D eigenvalue weighted by Crippen LogP contribution is 2.10. The molecule has 2 aromatic rings. The first kappa shape index (κ1) is 14.7. The summed E-state index contributed by atoms with van der Waals surface area (Å²) in [5.74, 6) is -1.19. The highest BCUT2D eigenvalue weighted by Gasteiger charge is 2.11. The molecule has 0 aliphatic rings.